The van der Waals surface area contributed by atoms with Crippen molar-refractivity contribution < 1.29 is 4.79 Å². The lowest BCUT2D eigenvalue weighted by Crippen LogP contribution is -2.35. The van der Waals surface area contributed by atoms with E-state index in [0.29, 0.717) is 17.3 Å². The summed E-state index contributed by atoms with van der Waals surface area (Å²) in [4.78, 5) is 13.8. The Bertz CT molecular complexity index is 445. The van der Waals surface area contributed by atoms with Crippen molar-refractivity contribution in [2.75, 3.05) is 17.2 Å². The number of nitrogens with two attached hydrogens (primary N) is 2. The smallest absolute Gasteiger partial charge is 0.250 e. The number of para-hydroxylation sites is 1. The molecule has 0 aromatic heterocycles. The number of hydrogen-bond donors (Lipinski definition) is 2. The zero-order valence-corrected chi connectivity index (χ0v) is 10.9. The van der Waals surface area contributed by atoms with Gasteiger partial charge in [-0.25, -0.2) is 0 Å². The molecule has 1 unspecified atom stereocenters. The van der Waals surface area contributed by atoms with E-state index in [1.165, 1.54) is 12.8 Å². The number of carbonyl (C=O) groups is 1. The van der Waals surface area contributed by atoms with Gasteiger partial charge in [0.05, 0.1) is 16.9 Å². The number of carbonyl (C=O) groups excluding carboxylic acids is 1. The monoisotopic (exact) mass is 247 g/mol. The molecule has 4 N–H and O–H groups in total. The average Bonchev–Trinajstić information content (AvgIpc) is 2.54. The maximum absolute atomic E-state index is 11.5. The molecule has 1 aliphatic heterocycles. The lowest BCUT2D eigenvalue weighted by molar-refractivity contribution is 0.100. The molecule has 0 spiro atoms. The molecular formula is C14H21N3O. The first-order valence-electron chi connectivity index (χ1n) is 6.56. The molecule has 98 valence electrons. The largest absolute Gasteiger partial charge is 0.397 e. The first-order valence-corrected chi connectivity index (χ1v) is 6.56. The van der Waals surface area contributed by atoms with Crippen LogP contribution in [-0.2, 0) is 0 Å². The van der Waals surface area contributed by atoms with Crippen LogP contribution in [-0.4, -0.2) is 18.5 Å². The second-order valence-corrected chi connectivity index (χ2v) is 5.00. The minimum absolute atomic E-state index is 0.398. The lowest BCUT2D eigenvalue weighted by atomic mass is 10.1. The first kappa shape index (κ1) is 12.7. The molecule has 2 rings (SSSR count). The molecule has 1 amide bonds. The maximum Gasteiger partial charge on any atom is 0.250 e. The van der Waals surface area contributed by atoms with Crippen LogP contribution in [0.2, 0.25) is 0 Å². The second kappa shape index (κ2) is 5.29. The van der Waals surface area contributed by atoms with E-state index in [0.717, 1.165) is 25.1 Å². The summed E-state index contributed by atoms with van der Waals surface area (Å²) in [6, 6.07) is 5.77. The molecule has 1 saturated heterocycles. The summed E-state index contributed by atoms with van der Waals surface area (Å²) in [5.41, 5.74) is 13.5. The standard InChI is InChI=1S/C14H21N3O/c1-10-6-3-2-4-9-17(10)13-11(14(16)18)7-5-8-12(13)15/h5,7-8,10H,2-4,6,9,15H2,1H3,(H2,16,18). The van der Waals surface area contributed by atoms with Gasteiger partial charge in [-0.1, -0.05) is 18.9 Å². The second-order valence-electron chi connectivity index (χ2n) is 5.00. The number of nitrogens with zero attached hydrogens (tertiary/aromatic N) is 1. The molecule has 1 aromatic rings. The third-order valence-electron chi connectivity index (χ3n) is 3.67. The molecule has 1 atom stereocenters. The topological polar surface area (TPSA) is 72.3 Å². The van der Waals surface area contributed by atoms with Crippen LogP contribution < -0.4 is 16.4 Å². The first-order chi connectivity index (χ1) is 8.61. The number of nitrogen functional groups attached to an aromatic ring is 1. The molecule has 1 aromatic carbocycles. The SMILES string of the molecule is CC1CCCCCN1c1c(N)cccc1C(N)=O. The Hall–Kier alpha value is -1.71. The molecule has 4 nitrogen and oxygen atoms in total. The van der Waals surface area contributed by atoms with Crippen LogP contribution in [0.15, 0.2) is 18.2 Å². The normalized spacial score (nSPS) is 20.5. The minimum atomic E-state index is -0.409. The van der Waals surface area contributed by atoms with E-state index in [4.69, 9.17) is 11.5 Å². The van der Waals surface area contributed by atoms with Gasteiger partial charge in [-0.3, -0.25) is 4.79 Å². The van der Waals surface area contributed by atoms with Gasteiger partial charge in [0.25, 0.3) is 5.91 Å². The molecule has 4 heteroatoms. The highest BCUT2D eigenvalue weighted by Gasteiger charge is 2.23. The van der Waals surface area contributed by atoms with Gasteiger partial charge >= 0.3 is 0 Å². The summed E-state index contributed by atoms with van der Waals surface area (Å²) < 4.78 is 0. The summed E-state index contributed by atoms with van der Waals surface area (Å²) in [6.45, 7) is 3.12. The molecule has 18 heavy (non-hydrogen) atoms. The predicted molar refractivity (Wildman–Crippen MR) is 74.6 cm³/mol. The number of primary amides is 1. The maximum atomic E-state index is 11.5. The van der Waals surface area contributed by atoms with Crippen molar-refractivity contribution in [3.63, 3.8) is 0 Å². The van der Waals surface area contributed by atoms with Crippen LogP contribution >= 0.6 is 0 Å². The summed E-state index contributed by atoms with van der Waals surface area (Å²) in [6.07, 6.45) is 4.74. The van der Waals surface area contributed by atoms with Crippen LogP contribution in [0.1, 0.15) is 43.0 Å². The summed E-state index contributed by atoms with van der Waals surface area (Å²) in [5, 5.41) is 0. The molecule has 0 radical (unpaired) electrons. The predicted octanol–water partition coefficient (Wildman–Crippen LogP) is 2.14. The highest BCUT2D eigenvalue weighted by atomic mass is 16.1. The molecule has 0 aliphatic carbocycles. The van der Waals surface area contributed by atoms with Crippen molar-refractivity contribution in [3.05, 3.63) is 23.8 Å². The lowest BCUT2D eigenvalue weighted by Gasteiger charge is -2.31. The number of benzene rings is 1. The fourth-order valence-electron chi connectivity index (χ4n) is 2.69. The van der Waals surface area contributed by atoms with Crippen molar-refractivity contribution in [1.82, 2.24) is 0 Å². The van der Waals surface area contributed by atoms with Gasteiger partial charge in [-0.2, -0.15) is 0 Å². The van der Waals surface area contributed by atoms with E-state index in [2.05, 4.69) is 11.8 Å². The van der Waals surface area contributed by atoms with Crippen LogP contribution in [0.5, 0.6) is 0 Å². The van der Waals surface area contributed by atoms with Crippen molar-refractivity contribution in [3.8, 4) is 0 Å². The van der Waals surface area contributed by atoms with Crippen molar-refractivity contribution in [2.45, 2.75) is 38.6 Å². The van der Waals surface area contributed by atoms with E-state index in [1.807, 2.05) is 6.07 Å². The number of rotatable bonds is 2. The van der Waals surface area contributed by atoms with Crippen molar-refractivity contribution in [1.29, 1.82) is 0 Å². The highest BCUT2D eigenvalue weighted by molar-refractivity contribution is 6.01. The van der Waals surface area contributed by atoms with Crippen molar-refractivity contribution in [2.24, 2.45) is 5.73 Å². The van der Waals surface area contributed by atoms with Crippen LogP contribution in [0, 0.1) is 0 Å². The fraction of sp³-hybridized carbons (Fsp3) is 0.500. The zero-order valence-electron chi connectivity index (χ0n) is 10.9. The number of amides is 1. The van der Waals surface area contributed by atoms with E-state index in [1.54, 1.807) is 12.1 Å². The Morgan fingerprint density at radius 3 is 2.83 bits per heavy atom. The Kier molecular flexibility index (Phi) is 3.75. The zero-order chi connectivity index (χ0) is 13.1. The van der Waals surface area contributed by atoms with Gasteiger partial charge < -0.3 is 16.4 Å². The van der Waals surface area contributed by atoms with Gasteiger partial charge in [0.15, 0.2) is 0 Å². The third-order valence-corrected chi connectivity index (χ3v) is 3.67. The quantitative estimate of drug-likeness (QED) is 0.786. The van der Waals surface area contributed by atoms with E-state index >= 15 is 0 Å². The Balaban J connectivity index is 2.44. The number of anilines is 2. The molecule has 1 heterocycles. The van der Waals surface area contributed by atoms with Gasteiger partial charge in [0.2, 0.25) is 0 Å². The fourth-order valence-corrected chi connectivity index (χ4v) is 2.69. The minimum Gasteiger partial charge on any atom is -0.397 e. The third kappa shape index (κ3) is 2.42. The van der Waals surface area contributed by atoms with Gasteiger partial charge in [0, 0.05) is 12.6 Å². The van der Waals surface area contributed by atoms with Crippen molar-refractivity contribution >= 4 is 17.3 Å². The van der Waals surface area contributed by atoms with Crippen LogP contribution in [0.3, 0.4) is 0 Å². The Labute approximate surface area is 108 Å². The van der Waals surface area contributed by atoms with Gasteiger partial charge in [-0.15, -0.1) is 0 Å². The average molecular weight is 247 g/mol. The highest BCUT2D eigenvalue weighted by Crippen LogP contribution is 2.32. The molecular weight excluding hydrogens is 226 g/mol. The molecule has 0 bridgehead atoms. The van der Waals surface area contributed by atoms with E-state index in [-0.39, 0.29) is 0 Å². The van der Waals surface area contributed by atoms with Gasteiger partial charge in [-0.05, 0) is 31.9 Å². The summed E-state index contributed by atoms with van der Waals surface area (Å²) >= 11 is 0. The molecule has 1 fully saturated rings. The molecule has 0 saturated carbocycles. The van der Waals surface area contributed by atoms with E-state index in [9.17, 15) is 4.79 Å². The number of hydrogen-bond acceptors (Lipinski definition) is 3. The summed E-state index contributed by atoms with van der Waals surface area (Å²) in [7, 11) is 0. The Morgan fingerprint density at radius 2 is 2.11 bits per heavy atom. The van der Waals surface area contributed by atoms with Crippen LogP contribution in [0.25, 0.3) is 0 Å². The van der Waals surface area contributed by atoms with Gasteiger partial charge in [0.1, 0.15) is 0 Å². The Morgan fingerprint density at radius 1 is 1.33 bits per heavy atom. The van der Waals surface area contributed by atoms with E-state index < -0.39 is 5.91 Å². The van der Waals surface area contributed by atoms with Crippen LogP contribution in [0.4, 0.5) is 11.4 Å². The summed E-state index contributed by atoms with van der Waals surface area (Å²) in [5.74, 6) is -0.409. The molecule has 1 aliphatic rings.